The van der Waals surface area contributed by atoms with Crippen molar-refractivity contribution >= 4 is 46.4 Å². The molecule has 2 aromatic rings. The minimum Gasteiger partial charge on any atom is -0.480 e. The first kappa shape index (κ1) is 29.5. The fourth-order valence-corrected chi connectivity index (χ4v) is 5.33. The summed E-state index contributed by atoms with van der Waals surface area (Å²) < 4.78 is 0. The van der Waals surface area contributed by atoms with Gasteiger partial charge in [-0.25, -0.2) is 4.79 Å². The maximum Gasteiger partial charge on any atom is 0.326 e. The van der Waals surface area contributed by atoms with Gasteiger partial charge in [-0.3, -0.25) is 14.4 Å². The summed E-state index contributed by atoms with van der Waals surface area (Å²) in [7, 11) is 0. The lowest BCUT2D eigenvalue weighted by Crippen LogP contribution is -2.57. The number of amides is 3. The van der Waals surface area contributed by atoms with E-state index in [-0.39, 0.29) is 24.2 Å². The normalized spacial score (nSPS) is 17.8. The highest BCUT2D eigenvalue weighted by molar-refractivity contribution is 7.98. The van der Waals surface area contributed by atoms with Crippen LogP contribution in [0.5, 0.6) is 0 Å². The average Bonchev–Trinajstić information content (AvgIpc) is 3.53. The van der Waals surface area contributed by atoms with Gasteiger partial charge in [0.15, 0.2) is 0 Å². The number of aliphatic carboxylic acids is 1. The van der Waals surface area contributed by atoms with Gasteiger partial charge in [-0.1, -0.05) is 32.0 Å². The number of likely N-dealkylation sites (tertiary alicyclic amines) is 1. The van der Waals surface area contributed by atoms with Gasteiger partial charge in [0.05, 0.1) is 6.04 Å². The molecule has 0 spiro atoms. The number of fused-ring (bicyclic) bond motifs is 1. The molecule has 4 atom stereocenters. The lowest BCUT2D eigenvalue weighted by Gasteiger charge is -2.30. The number of aromatic amines is 1. The van der Waals surface area contributed by atoms with Crippen LogP contribution >= 0.6 is 11.8 Å². The van der Waals surface area contributed by atoms with E-state index < -0.39 is 36.0 Å². The van der Waals surface area contributed by atoms with Crippen LogP contribution in [-0.4, -0.2) is 81.4 Å². The molecule has 1 fully saturated rings. The summed E-state index contributed by atoms with van der Waals surface area (Å²) in [5.41, 5.74) is 7.68. The van der Waals surface area contributed by atoms with Crippen molar-refractivity contribution in [2.75, 3.05) is 18.6 Å². The Bertz CT molecular complexity index is 1140. The van der Waals surface area contributed by atoms with Gasteiger partial charge >= 0.3 is 5.97 Å². The van der Waals surface area contributed by atoms with Crippen LogP contribution in [0, 0.1) is 5.92 Å². The Morgan fingerprint density at radius 3 is 2.61 bits per heavy atom. The number of benzene rings is 1. The van der Waals surface area contributed by atoms with E-state index in [4.69, 9.17) is 5.73 Å². The number of thioether (sulfide) groups is 1. The number of carbonyl (C=O) groups excluding carboxylic acids is 3. The third kappa shape index (κ3) is 7.50. The highest BCUT2D eigenvalue weighted by atomic mass is 32.2. The van der Waals surface area contributed by atoms with E-state index in [0.29, 0.717) is 32.2 Å². The predicted molar refractivity (Wildman–Crippen MR) is 149 cm³/mol. The van der Waals surface area contributed by atoms with Crippen molar-refractivity contribution in [3.05, 3.63) is 36.0 Å². The molecule has 4 unspecified atom stereocenters. The number of para-hydroxylation sites is 1. The second-order valence-electron chi connectivity index (χ2n) is 10.2. The Hall–Kier alpha value is -3.05. The molecular weight excluding hydrogens is 506 g/mol. The molecule has 6 N–H and O–H groups in total. The SMILES string of the molecule is CSCCC(N)C(=O)NC(CC(C)C)C(=O)N1CCCC1C(=O)NC(Cc1c[nH]c2ccccc12)C(=O)O. The van der Waals surface area contributed by atoms with Gasteiger partial charge in [0.25, 0.3) is 0 Å². The summed E-state index contributed by atoms with van der Waals surface area (Å²) in [6.45, 7) is 4.27. The molecular formula is C27H39N5O5S. The standard InChI is InChI=1S/C27H39N5O5S/c1-16(2)13-21(30-24(33)19(28)10-12-38-3)26(35)32-11-6-9-23(32)25(34)31-22(27(36)37)14-17-15-29-20-8-5-4-7-18(17)20/h4-5,7-8,15-16,19,21-23,29H,6,9-14,28H2,1-3H3,(H,30,33)(H,31,34)(H,36,37). The summed E-state index contributed by atoms with van der Waals surface area (Å²) in [5, 5.41) is 16.2. The number of nitrogens with two attached hydrogens (primary N) is 1. The van der Waals surface area contributed by atoms with Gasteiger partial charge in [0.1, 0.15) is 18.1 Å². The summed E-state index contributed by atoms with van der Waals surface area (Å²) >= 11 is 1.59. The van der Waals surface area contributed by atoms with Crippen molar-refractivity contribution in [2.45, 2.75) is 70.1 Å². The topological polar surface area (TPSA) is 158 Å². The lowest BCUT2D eigenvalue weighted by molar-refractivity contribution is -0.145. The number of H-pyrrole nitrogens is 1. The number of hydrogen-bond acceptors (Lipinski definition) is 6. The number of carboxylic acid groups (broad SMARTS) is 1. The van der Waals surface area contributed by atoms with Crippen LogP contribution in [0.3, 0.4) is 0 Å². The van der Waals surface area contributed by atoms with E-state index >= 15 is 0 Å². The summed E-state index contributed by atoms with van der Waals surface area (Å²) in [6, 6.07) is 4.08. The van der Waals surface area contributed by atoms with Gasteiger partial charge in [-0.2, -0.15) is 11.8 Å². The van der Waals surface area contributed by atoms with Crippen LogP contribution in [0.15, 0.2) is 30.5 Å². The van der Waals surface area contributed by atoms with E-state index in [2.05, 4.69) is 15.6 Å². The Morgan fingerprint density at radius 2 is 1.92 bits per heavy atom. The molecule has 1 aromatic carbocycles. The summed E-state index contributed by atoms with van der Waals surface area (Å²) in [6.07, 6.45) is 5.73. The van der Waals surface area contributed by atoms with Gasteiger partial charge < -0.3 is 31.4 Å². The van der Waals surface area contributed by atoms with E-state index in [1.165, 1.54) is 4.90 Å². The van der Waals surface area contributed by atoms with Crippen molar-refractivity contribution in [2.24, 2.45) is 11.7 Å². The molecule has 1 aromatic heterocycles. The Labute approximate surface area is 227 Å². The van der Waals surface area contributed by atoms with Gasteiger partial charge in [0.2, 0.25) is 17.7 Å². The van der Waals surface area contributed by atoms with Crippen molar-refractivity contribution in [1.29, 1.82) is 0 Å². The van der Waals surface area contributed by atoms with E-state index in [1.54, 1.807) is 18.0 Å². The molecule has 11 heteroatoms. The molecule has 10 nitrogen and oxygen atoms in total. The molecule has 1 aliphatic rings. The summed E-state index contributed by atoms with van der Waals surface area (Å²) in [4.78, 5) is 56.2. The smallest absolute Gasteiger partial charge is 0.326 e. The Morgan fingerprint density at radius 1 is 1.18 bits per heavy atom. The zero-order valence-corrected chi connectivity index (χ0v) is 23.1. The minimum absolute atomic E-state index is 0.103. The molecule has 38 heavy (non-hydrogen) atoms. The summed E-state index contributed by atoms with van der Waals surface area (Å²) in [5.74, 6) is -1.53. The fourth-order valence-electron chi connectivity index (χ4n) is 4.84. The largest absolute Gasteiger partial charge is 0.480 e. The molecule has 1 aliphatic heterocycles. The van der Waals surface area contributed by atoms with Crippen LogP contribution < -0.4 is 16.4 Å². The molecule has 3 amide bonds. The third-order valence-corrected chi connectivity index (χ3v) is 7.49. The Kier molecular flexibility index (Phi) is 10.6. The number of carbonyl (C=O) groups is 4. The fraction of sp³-hybridized carbons (Fsp3) is 0.556. The first-order valence-corrected chi connectivity index (χ1v) is 14.4. The average molecular weight is 546 g/mol. The second-order valence-corrected chi connectivity index (χ2v) is 11.2. The first-order chi connectivity index (χ1) is 18.1. The maximum absolute atomic E-state index is 13.6. The molecule has 208 valence electrons. The van der Waals surface area contributed by atoms with Crippen molar-refractivity contribution in [3.8, 4) is 0 Å². The second kappa shape index (κ2) is 13.7. The molecule has 0 saturated carbocycles. The Balaban J connectivity index is 1.70. The molecule has 2 heterocycles. The van der Waals surface area contributed by atoms with Gasteiger partial charge in [-0.05, 0) is 55.2 Å². The van der Waals surface area contributed by atoms with E-state index in [9.17, 15) is 24.3 Å². The van der Waals surface area contributed by atoms with Crippen LogP contribution in [0.2, 0.25) is 0 Å². The first-order valence-electron chi connectivity index (χ1n) is 13.1. The van der Waals surface area contributed by atoms with E-state index in [1.807, 2.05) is 44.4 Å². The number of rotatable bonds is 13. The maximum atomic E-state index is 13.6. The number of nitrogens with zero attached hydrogens (tertiary/aromatic N) is 1. The number of nitrogens with one attached hydrogen (secondary N) is 3. The molecule has 3 rings (SSSR count). The predicted octanol–water partition coefficient (Wildman–Crippen LogP) is 1.88. The quantitative estimate of drug-likeness (QED) is 0.257. The highest BCUT2D eigenvalue weighted by Crippen LogP contribution is 2.22. The van der Waals surface area contributed by atoms with Crippen molar-refractivity contribution in [3.63, 3.8) is 0 Å². The third-order valence-electron chi connectivity index (χ3n) is 6.84. The highest BCUT2D eigenvalue weighted by Gasteiger charge is 2.39. The molecule has 1 saturated heterocycles. The lowest BCUT2D eigenvalue weighted by atomic mass is 10.0. The zero-order valence-electron chi connectivity index (χ0n) is 22.2. The molecule has 0 bridgehead atoms. The van der Waals surface area contributed by atoms with Crippen LogP contribution in [-0.2, 0) is 25.6 Å². The molecule has 0 radical (unpaired) electrons. The van der Waals surface area contributed by atoms with Crippen molar-refractivity contribution in [1.82, 2.24) is 20.5 Å². The minimum atomic E-state index is -1.15. The van der Waals surface area contributed by atoms with Crippen LogP contribution in [0.4, 0.5) is 0 Å². The van der Waals surface area contributed by atoms with Crippen molar-refractivity contribution < 1.29 is 24.3 Å². The van der Waals surface area contributed by atoms with E-state index in [0.717, 1.165) is 22.2 Å². The zero-order chi connectivity index (χ0) is 27.8. The van der Waals surface area contributed by atoms with Crippen LogP contribution in [0.1, 0.15) is 45.1 Å². The monoisotopic (exact) mass is 545 g/mol. The number of aromatic nitrogens is 1. The number of carboxylic acids is 1. The molecule has 0 aliphatic carbocycles. The van der Waals surface area contributed by atoms with Gasteiger partial charge in [0, 0.05) is 30.1 Å². The van der Waals surface area contributed by atoms with Gasteiger partial charge in [-0.15, -0.1) is 0 Å². The number of hydrogen-bond donors (Lipinski definition) is 5. The van der Waals surface area contributed by atoms with Crippen LogP contribution in [0.25, 0.3) is 10.9 Å².